The first-order valence-corrected chi connectivity index (χ1v) is 2.00. The molecule has 0 aliphatic carbocycles. The van der Waals surface area contributed by atoms with Crippen LogP contribution < -0.4 is 0 Å². The Morgan fingerprint density at radius 3 is 1.14 bits per heavy atom. The van der Waals surface area contributed by atoms with Crippen molar-refractivity contribution in [2.45, 2.75) is 0 Å². The normalized spacial score (nSPS) is 8.29. The molecule has 0 aliphatic heterocycles. The standard InChI is InChI=1S/AsH3.Ba.H2O4S/c;;1-5(2,3)4/h1H3;;(H2,1,2,3,4)/q;+2;/p-2. The summed E-state index contributed by atoms with van der Waals surface area (Å²) >= 11 is 0. The molecule has 0 amide bonds. The van der Waals surface area contributed by atoms with Gasteiger partial charge in [0.05, 0.1) is 0 Å². The number of hydrogen-bond acceptors (Lipinski definition) is 4. The molecule has 0 aromatic heterocycles. The van der Waals surface area contributed by atoms with Gasteiger partial charge in [0.1, 0.15) is 0 Å². The average molecular weight is 311 g/mol. The molecule has 7 heteroatoms. The molecule has 1 atom stereocenters. The zero-order chi connectivity index (χ0) is 4.50. The molecule has 4 nitrogen and oxygen atoms in total. The third kappa shape index (κ3) is 72.0. The van der Waals surface area contributed by atoms with Gasteiger partial charge in [0.2, 0.25) is 0 Å². The van der Waals surface area contributed by atoms with Crippen LogP contribution >= 0.6 is 0 Å². The molecular formula is H3AsBaO4S. The second-order valence-electron chi connectivity index (χ2n) is 0.408. The first kappa shape index (κ1) is 16.0. The van der Waals surface area contributed by atoms with Crippen molar-refractivity contribution in [2.75, 3.05) is 0 Å². The van der Waals surface area contributed by atoms with Crippen molar-refractivity contribution < 1.29 is 17.5 Å². The van der Waals surface area contributed by atoms with Crippen LogP contribution in [0.5, 0.6) is 0 Å². The second kappa shape index (κ2) is 6.12. The van der Waals surface area contributed by atoms with Crippen LogP contribution in [0.1, 0.15) is 0 Å². The van der Waals surface area contributed by atoms with Crippen LogP contribution in [0, 0.1) is 0 Å². The van der Waals surface area contributed by atoms with E-state index in [9.17, 15) is 0 Å². The van der Waals surface area contributed by atoms with Crippen LogP contribution in [0.25, 0.3) is 0 Å². The molecule has 0 saturated carbocycles. The third-order valence-electron chi connectivity index (χ3n) is 0. The molecule has 0 fully saturated rings. The minimum atomic E-state index is -5.17. The van der Waals surface area contributed by atoms with E-state index >= 15 is 0 Å². The van der Waals surface area contributed by atoms with Crippen molar-refractivity contribution in [2.24, 2.45) is 0 Å². The fourth-order valence-electron chi connectivity index (χ4n) is 0. The van der Waals surface area contributed by atoms with Gasteiger partial charge in [0.15, 0.2) is 0 Å². The Bertz CT molecular complexity index is 94.9. The molecule has 0 aromatic carbocycles. The molecule has 0 N–H and O–H groups in total. The monoisotopic (exact) mass is 312 g/mol. The molecule has 0 heterocycles. The summed E-state index contributed by atoms with van der Waals surface area (Å²) in [7, 11) is -5.17. The summed E-state index contributed by atoms with van der Waals surface area (Å²) in [4.78, 5) is 0. The predicted octanol–water partition coefficient (Wildman–Crippen LogP) is -2.90. The summed E-state index contributed by atoms with van der Waals surface area (Å²) in [6.07, 6.45) is 0. The second-order valence-corrected chi connectivity index (χ2v) is 1.22. The summed E-state index contributed by atoms with van der Waals surface area (Å²) in [5, 5.41) is 0. The van der Waals surface area contributed by atoms with Gasteiger partial charge in [-0.15, -0.1) is 0 Å². The Kier molecular flexibility index (Phi) is 14.0. The van der Waals surface area contributed by atoms with E-state index < -0.39 is 10.4 Å². The first-order valence-electron chi connectivity index (χ1n) is 0.667. The Hall–Kier alpha value is 2.00. The fourth-order valence-corrected chi connectivity index (χ4v) is 0. The van der Waals surface area contributed by atoms with Crippen molar-refractivity contribution in [1.29, 1.82) is 0 Å². The van der Waals surface area contributed by atoms with Crippen molar-refractivity contribution in [3.8, 4) is 0 Å². The van der Waals surface area contributed by atoms with E-state index in [4.69, 9.17) is 17.5 Å². The largest absolute Gasteiger partial charge is 2.00 e. The van der Waals surface area contributed by atoms with E-state index in [0.717, 1.165) is 0 Å². The van der Waals surface area contributed by atoms with Gasteiger partial charge in [-0.2, -0.15) is 0 Å². The predicted molar refractivity (Wildman–Crippen MR) is 26.2 cm³/mol. The van der Waals surface area contributed by atoms with Gasteiger partial charge in [0, 0.05) is 10.4 Å². The van der Waals surface area contributed by atoms with Crippen molar-refractivity contribution in [3.63, 3.8) is 0 Å². The SMILES string of the molecule is O=S(=O)([O-])[O-].[AsH3].[Ba+2]. The maximum atomic E-state index is 8.52. The van der Waals surface area contributed by atoms with Gasteiger partial charge >= 0.3 is 66.8 Å². The quantitative estimate of drug-likeness (QED) is 0.273. The van der Waals surface area contributed by atoms with Gasteiger partial charge in [-0.3, -0.25) is 8.42 Å². The van der Waals surface area contributed by atoms with Crippen molar-refractivity contribution >= 4 is 77.2 Å². The molecule has 0 aromatic rings. The van der Waals surface area contributed by atoms with Gasteiger partial charge in [-0.25, -0.2) is 0 Å². The van der Waals surface area contributed by atoms with Crippen LogP contribution in [0.4, 0.5) is 0 Å². The van der Waals surface area contributed by atoms with Gasteiger partial charge in [-0.05, 0) is 0 Å². The van der Waals surface area contributed by atoms with E-state index in [1.807, 2.05) is 0 Å². The molecule has 1 unspecified atom stereocenters. The fraction of sp³-hybridized carbons (Fsp3) is 0. The zero-order valence-electron chi connectivity index (χ0n) is 3.46. The van der Waals surface area contributed by atoms with E-state index in [2.05, 4.69) is 0 Å². The zero-order valence-corrected chi connectivity index (χ0v) is 11.7. The van der Waals surface area contributed by atoms with Crippen molar-refractivity contribution in [3.05, 3.63) is 0 Å². The van der Waals surface area contributed by atoms with Gasteiger partial charge < -0.3 is 9.11 Å². The summed E-state index contributed by atoms with van der Waals surface area (Å²) < 4.78 is 34.1. The topological polar surface area (TPSA) is 80.3 Å². The summed E-state index contributed by atoms with van der Waals surface area (Å²) in [6.45, 7) is 0. The van der Waals surface area contributed by atoms with E-state index in [1.165, 1.54) is 0 Å². The van der Waals surface area contributed by atoms with Crippen LogP contribution in [0.2, 0.25) is 0 Å². The molecular weight excluding hydrogens is 308 g/mol. The average Bonchev–Trinajstić information content (AvgIpc) is 0.722. The molecule has 40 valence electrons. The van der Waals surface area contributed by atoms with E-state index in [1.54, 1.807) is 0 Å². The molecule has 0 bridgehead atoms. The molecule has 7 heavy (non-hydrogen) atoms. The van der Waals surface area contributed by atoms with Crippen LogP contribution in [-0.4, -0.2) is 84.4 Å². The van der Waals surface area contributed by atoms with Crippen LogP contribution in [0.3, 0.4) is 0 Å². The Morgan fingerprint density at radius 1 is 1.14 bits per heavy atom. The minimum Gasteiger partial charge on any atom is 2.00 e. The van der Waals surface area contributed by atoms with Gasteiger partial charge in [-0.1, -0.05) is 0 Å². The van der Waals surface area contributed by atoms with E-state index in [0.29, 0.717) is 0 Å². The molecule has 0 spiro atoms. The Labute approximate surface area is 93.0 Å². The Balaban J connectivity index is -0.0000000800. The van der Waals surface area contributed by atoms with Crippen LogP contribution in [-0.2, 0) is 10.4 Å². The summed E-state index contributed by atoms with van der Waals surface area (Å²) in [6, 6.07) is 0. The molecule has 0 aliphatic rings. The number of hydrogen-bond donors (Lipinski definition) is 0. The summed E-state index contributed by atoms with van der Waals surface area (Å²) in [5.41, 5.74) is 0. The van der Waals surface area contributed by atoms with Gasteiger partial charge in [0.25, 0.3) is 0 Å². The minimum absolute atomic E-state index is 0. The summed E-state index contributed by atoms with van der Waals surface area (Å²) in [5.74, 6) is 0. The maximum absolute atomic E-state index is 8.52. The first-order chi connectivity index (χ1) is 2.00. The smallest absolute Gasteiger partial charge is 2.00 e. The maximum Gasteiger partial charge on any atom is 2.00 e. The van der Waals surface area contributed by atoms with E-state index in [-0.39, 0.29) is 66.8 Å². The third-order valence-corrected chi connectivity index (χ3v) is 0. The molecule has 0 radical (unpaired) electrons. The molecule has 0 rings (SSSR count). The Morgan fingerprint density at radius 2 is 1.14 bits per heavy atom. The molecule has 0 saturated heterocycles. The van der Waals surface area contributed by atoms with Crippen molar-refractivity contribution in [1.82, 2.24) is 0 Å². The van der Waals surface area contributed by atoms with Crippen LogP contribution in [0.15, 0.2) is 0 Å². The number of rotatable bonds is 0.